The third kappa shape index (κ3) is 3.51. The van der Waals surface area contributed by atoms with E-state index in [4.69, 9.17) is 0 Å². The normalized spacial score (nSPS) is 10.0. The van der Waals surface area contributed by atoms with E-state index in [1.54, 1.807) is 0 Å². The van der Waals surface area contributed by atoms with Crippen LogP contribution in [0.25, 0.3) is 11.1 Å². The summed E-state index contributed by atoms with van der Waals surface area (Å²) in [6.45, 7) is 1.42. The van der Waals surface area contributed by atoms with Crippen LogP contribution in [-0.2, 0) is 4.79 Å². The van der Waals surface area contributed by atoms with Gasteiger partial charge in [0, 0.05) is 16.9 Å². The Kier molecular flexibility index (Phi) is 4.57. The standard InChI is InChI=1S/C15H13N3O4/c1-9-2-4-10(5-3-9)11-6-12(19)14(16-7-11)15(21)17-8-13(20)18-22/h2-7,19H,8H2,1H3,(H,17,21). The number of carbonyl (C=O) groups is 2. The van der Waals surface area contributed by atoms with E-state index in [2.05, 4.69) is 15.5 Å². The molecule has 0 saturated heterocycles. The first-order valence-corrected chi connectivity index (χ1v) is 6.41. The molecule has 1 aromatic carbocycles. The van der Waals surface area contributed by atoms with Crippen LogP contribution in [0.5, 0.6) is 5.75 Å². The van der Waals surface area contributed by atoms with Crippen LogP contribution in [0.4, 0.5) is 0 Å². The van der Waals surface area contributed by atoms with E-state index in [0.29, 0.717) is 5.56 Å². The molecule has 1 heterocycles. The maximum atomic E-state index is 11.7. The fraction of sp³-hybridized carbons (Fsp3) is 0.133. The monoisotopic (exact) mass is 299 g/mol. The second-order valence-corrected chi connectivity index (χ2v) is 4.63. The van der Waals surface area contributed by atoms with Crippen LogP contribution in [0, 0.1) is 11.8 Å². The quantitative estimate of drug-likeness (QED) is 0.836. The Labute approximate surface area is 126 Å². The molecule has 0 saturated carbocycles. The van der Waals surface area contributed by atoms with Crippen LogP contribution in [0.3, 0.4) is 0 Å². The number of aromatic hydroxyl groups is 1. The van der Waals surface area contributed by atoms with Gasteiger partial charge in [-0.1, -0.05) is 29.8 Å². The fourth-order valence-corrected chi connectivity index (χ4v) is 1.80. The van der Waals surface area contributed by atoms with Crippen molar-refractivity contribution in [1.29, 1.82) is 0 Å². The minimum Gasteiger partial charge on any atom is -0.505 e. The lowest BCUT2D eigenvalue weighted by Gasteiger charge is -2.07. The molecule has 0 aliphatic rings. The molecular weight excluding hydrogens is 286 g/mol. The molecule has 7 heteroatoms. The number of hydrogen-bond donors (Lipinski definition) is 2. The Balaban J connectivity index is 2.19. The summed E-state index contributed by atoms with van der Waals surface area (Å²) in [6, 6.07) is 9.00. The topological polar surface area (TPSA) is 109 Å². The number of nitroso groups, excluding NO2 is 1. The van der Waals surface area contributed by atoms with Gasteiger partial charge in [-0.05, 0) is 18.6 Å². The third-order valence-corrected chi connectivity index (χ3v) is 2.97. The van der Waals surface area contributed by atoms with Crippen molar-refractivity contribution in [1.82, 2.24) is 10.3 Å². The van der Waals surface area contributed by atoms with Crippen LogP contribution in [-0.4, -0.2) is 28.4 Å². The highest BCUT2D eigenvalue weighted by Gasteiger charge is 2.15. The number of nitrogens with zero attached hydrogens (tertiary/aromatic N) is 2. The van der Waals surface area contributed by atoms with Crippen molar-refractivity contribution in [3.63, 3.8) is 0 Å². The van der Waals surface area contributed by atoms with E-state index in [1.807, 2.05) is 31.2 Å². The average Bonchev–Trinajstić information content (AvgIpc) is 2.52. The minimum atomic E-state index is -1.01. The molecule has 112 valence electrons. The van der Waals surface area contributed by atoms with E-state index in [9.17, 15) is 19.6 Å². The van der Waals surface area contributed by atoms with Crippen LogP contribution in [0.1, 0.15) is 16.1 Å². The van der Waals surface area contributed by atoms with Gasteiger partial charge in [0.1, 0.15) is 12.3 Å². The van der Waals surface area contributed by atoms with Gasteiger partial charge in [0.25, 0.3) is 5.91 Å². The molecule has 0 aliphatic heterocycles. The summed E-state index contributed by atoms with van der Waals surface area (Å²) in [5.74, 6) is -2.09. The second kappa shape index (κ2) is 6.57. The van der Waals surface area contributed by atoms with Crippen LogP contribution < -0.4 is 5.32 Å². The number of hydrogen-bond acceptors (Lipinski definition) is 5. The van der Waals surface area contributed by atoms with E-state index >= 15 is 0 Å². The summed E-state index contributed by atoms with van der Waals surface area (Å²) in [5.41, 5.74) is 2.38. The van der Waals surface area contributed by atoms with Crippen molar-refractivity contribution in [3.05, 3.63) is 52.7 Å². The summed E-state index contributed by atoms with van der Waals surface area (Å²) in [6.07, 6.45) is 1.44. The molecule has 1 aromatic heterocycles. The predicted octanol–water partition coefficient (Wildman–Crippen LogP) is 1.79. The zero-order valence-electron chi connectivity index (χ0n) is 11.7. The van der Waals surface area contributed by atoms with E-state index in [-0.39, 0.29) is 11.4 Å². The summed E-state index contributed by atoms with van der Waals surface area (Å²) in [4.78, 5) is 36.3. The first-order chi connectivity index (χ1) is 10.5. The number of benzene rings is 1. The number of carbonyl (C=O) groups excluding carboxylic acids is 2. The maximum Gasteiger partial charge on any atom is 0.305 e. The lowest BCUT2D eigenvalue weighted by molar-refractivity contribution is -0.117. The Hall–Kier alpha value is -3.09. The number of aromatic nitrogens is 1. The second-order valence-electron chi connectivity index (χ2n) is 4.63. The van der Waals surface area contributed by atoms with Crippen molar-refractivity contribution in [2.24, 2.45) is 5.18 Å². The van der Waals surface area contributed by atoms with Gasteiger partial charge in [-0.15, -0.1) is 4.91 Å². The Morgan fingerprint density at radius 1 is 1.23 bits per heavy atom. The van der Waals surface area contributed by atoms with Gasteiger partial charge < -0.3 is 10.4 Å². The molecular formula is C15H13N3O4. The summed E-state index contributed by atoms with van der Waals surface area (Å²) < 4.78 is 0. The first kappa shape index (κ1) is 15.3. The maximum absolute atomic E-state index is 11.7. The Bertz CT molecular complexity index is 726. The average molecular weight is 299 g/mol. The highest BCUT2D eigenvalue weighted by Crippen LogP contribution is 2.24. The molecule has 0 spiro atoms. The molecule has 0 fully saturated rings. The Morgan fingerprint density at radius 2 is 1.91 bits per heavy atom. The molecule has 7 nitrogen and oxygen atoms in total. The third-order valence-electron chi connectivity index (χ3n) is 2.97. The lowest BCUT2D eigenvalue weighted by atomic mass is 10.1. The van der Waals surface area contributed by atoms with Gasteiger partial charge in [0.05, 0.1) is 0 Å². The number of aryl methyl sites for hydroxylation is 1. The Morgan fingerprint density at radius 3 is 2.50 bits per heavy atom. The number of amides is 2. The molecule has 2 N–H and O–H groups in total. The van der Waals surface area contributed by atoms with Gasteiger partial charge in [-0.2, -0.15) is 0 Å². The zero-order chi connectivity index (χ0) is 16.1. The highest BCUT2D eigenvalue weighted by molar-refractivity contribution is 5.97. The van der Waals surface area contributed by atoms with Crippen molar-refractivity contribution < 1.29 is 14.7 Å². The van der Waals surface area contributed by atoms with Crippen LogP contribution in [0.2, 0.25) is 0 Å². The molecule has 0 aliphatic carbocycles. The summed E-state index contributed by atoms with van der Waals surface area (Å²) in [5, 5.41) is 14.2. The summed E-state index contributed by atoms with van der Waals surface area (Å²) in [7, 11) is 0. The molecule has 2 aromatic rings. The predicted molar refractivity (Wildman–Crippen MR) is 79.2 cm³/mol. The van der Waals surface area contributed by atoms with E-state index in [0.717, 1.165) is 11.1 Å². The van der Waals surface area contributed by atoms with Crippen molar-refractivity contribution in [2.45, 2.75) is 6.92 Å². The highest BCUT2D eigenvalue weighted by atomic mass is 16.3. The summed E-state index contributed by atoms with van der Waals surface area (Å²) >= 11 is 0. The van der Waals surface area contributed by atoms with Crippen molar-refractivity contribution >= 4 is 11.8 Å². The molecule has 0 atom stereocenters. The van der Waals surface area contributed by atoms with Gasteiger partial charge >= 0.3 is 5.91 Å². The van der Waals surface area contributed by atoms with E-state index < -0.39 is 18.4 Å². The van der Waals surface area contributed by atoms with Crippen molar-refractivity contribution in [3.8, 4) is 16.9 Å². The van der Waals surface area contributed by atoms with Gasteiger partial charge in [-0.3, -0.25) is 9.59 Å². The van der Waals surface area contributed by atoms with Gasteiger partial charge in [-0.25, -0.2) is 4.98 Å². The largest absolute Gasteiger partial charge is 0.505 e. The molecule has 2 amide bonds. The van der Waals surface area contributed by atoms with Gasteiger partial charge in [0.2, 0.25) is 0 Å². The van der Waals surface area contributed by atoms with Gasteiger partial charge in [0.15, 0.2) is 5.69 Å². The molecule has 22 heavy (non-hydrogen) atoms. The minimum absolute atomic E-state index is 0.227. The zero-order valence-corrected chi connectivity index (χ0v) is 11.7. The fourth-order valence-electron chi connectivity index (χ4n) is 1.80. The van der Waals surface area contributed by atoms with Crippen molar-refractivity contribution in [2.75, 3.05) is 6.54 Å². The smallest absolute Gasteiger partial charge is 0.305 e. The first-order valence-electron chi connectivity index (χ1n) is 6.41. The number of nitrogens with one attached hydrogen (secondary N) is 1. The lowest BCUT2D eigenvalue weighted by Crippen LogP contribution is -2.29. The number of pyridine rings is 1. The number of rotatable bonds is 4. The van der Waals surface area contributed by atoms with Crippen LogP contribution in [0.15, 0.2) is 41.7 Å². The van der Waals surface area contributed by atoms with Crippen LogP contribution >= 0.6 is 0 Å². The molecule has 2 rings (SSSR count). The molecule has 0 bridgehead atoms. The molecule has 0 radical (unpaired) electrons. The van der Waals surface area contributed by atoms with E-state index in [1.165, 1.54) is 12.3 Å². The SMILES string of the molecule is Cc1ccc(-c2cnc(C(=O)NCC(=O)N=O)c(O)c2)cc1. The molecule has 0 unspecified atom stereocenters.